The van der Waals surface area contributed by atoms with E-state index in [1.165, 1.54) is 12.1 Å². The van der Waals surface area contributed by atoms with E-state index in [1.807, 2.05) is 40.5 Å². The molecule has 19 heavy (non-hydrogen) atoms. The summed E-state index contributed by atoms with van der Waals surface area (Å²) in [4.78, 5) is 0. The van der Waals surface area contributed by atoms with Crippen molar-refractivity contribution in [3.05, 3.63) is 77.2 Å². The van der Waals surface area contributed by atoms with Gasteiger partial charge in [0.25, 0.3) is 0 Å². The SMILES string of the molecule is N=C(c1ccc(F)cc1)c1ccsc1-n1cccc1. The highest BCUT2D eigenvalue weighted by molar-refractivity contribution is 7.13. The minimum absolute atomic E-state index is 0.285. The van der Waals surface area contributed by atoms with Gasteiger partial charge in [0.05, 0.1) is 5.71 Å². The van der Waals surface area contributed by atoms with Gasteiger partial charge in [-0.25, -0.2) is 4.39 Å². The molecule has 1 aromatic carbocycles. The molecular formula is C15H11FN2S. The van der Waals surface area contributed by atoms with Crippen LogP contribution in [-0.2, 0) is 0 Å². The lowest BCUT2D eigenvalue weighted by atomic mass is 10.0. The van der Waals surface area contributed by atoms with E-state index in [4.69, 9.17) is 5.41 Å². The summed E-state index contributed by atoms with van der Waals surface area (Å²) in [5.74, 6) is -0.285. The predicted molar refractivity (Wildman–Crippen MR) is 76.0 cm³/mol. The van der Waals surface area contributed by atoms with E-state index < -0.39 is 0 Å². The van der Waals surface area contributed by atoms with Gasteiger partial charge >= 0.3 is 0 Å². The lowest BCUT2D eigenvalue weighted by Crippen LogP contribution is -2.03. The number of aromatic nitrogens is 1. The van der Waals surface area contributed by atoms with Gasteiger partial charge in [0, 0.05) is 23.5 Å². The lowest BCUT2D eigenvalue weighted by Gasteiger charge is -2.07. The van der Waals surface area contributed by atoms with Crippen molar-refractivity contribution >= 4 is 17.0 Å². The Morgan fingerprint density at radius 2 is 1.74 bits per heavy atom. The van der Waals surface area contributed by atoms with Gasteiger partial charge in [0.15, 0.2) is 0 Å². The number of nitrogens with zero attached hydrogens (tertiary/aromatic N) is 1. The first-order chi connectivity index (χ1) is 9.25. The molecule has 3 rings (SSSR count). The van der Waals surface area contributed by atoms with Gasteiger partial charge in [-0.15, -0.1) is 11.3 Å². The monoisotopic (exact) mass is 270 g/mol. The molecule has 2 heterocycles. The van der Waals surface area contributed by atoms with E-state index in [9.17, 15) is 4.39 Å². The van der Waals surface area contributed by atoms with E-state index in [0.29, 0.717) is 11.3 Å². The second kappa shape index (κ2) is 4.82. The number of benzene rings is 1. The Balaban J connectivity index is 2.01. The Labute approximate surface area is 114 Å². The molecule has 2 aromatic heterocycles. The van der Waals surface area contributed by atoms with E-state index in [2.05, 4.69) is 0 Å². The van der Waals surface area contributed by atoms with Crippen molar-refractivity contribution in [1.29, 1.82) is 5.41 Å². The molecule has 0 aliphatic carbocycles. The molecule has 0 fully saturated rings. The molecule has 0 spiro atoms. The van der Waals surface area contributed by atoms with Gasteiger partial charge in [-0.2, -0.15) is 0 Å². The van der Waals surface area contributed by atoms with E-state index in [1.54, 1.807) is 23.5 Å². The summed E-state index contributed by atoms with van der Waals surface area (Å²) in [5, 5.41) is 11.2. The molecule has 0 saturated carbocycles. The van der Waals surface area contributed by atoms with Crippen molar-refractivity contribution < 1.29 is 4.39 Å². The largest absolute Gasteiger partial charge is 0.315 e. The fourth-order valence-electron chi connectivity index (χ4n) is 1.93. The number of hydrogen-bond donors (Lipinski definition) is 1. The van der Waals surface area contributed by atoms with Gasteiger partial charge in [-0.05, 0) is 47.8 Å². The Hall–Kier alpha value is -2.20. The maximum Gasteiger partial charge on any atom is 0.123 e. The zero-order chi connectivity index (χ0) is 13.2. The predicted octanol–water partition coefficient (Wildman–Crippen LogP) is 4.09. The number of rotatable bonds is 3. The topological polar surface area (TPSA) is 28.8 Å². The van der Waals surface area contributed by atoms with Crippen LogP contribution in [0.5, 0.6) is 0 Å². The number of hydrogen-bond acceptors (Lipinski definition) is 2. The fourth-order valence-corrected chi connectivity index (χ4v) is 2.81. The molecule has 3 aromatic rings. The first kappa shape index (κ1) is 11.9. The van der Waals surface area contributed by atoms with Gasteiger partial charge in [0.2, 0.25) is 0 Å². The van der Waals surface area contributed by atoms with Crippen LogP contribution in [0.2, 0.25) is 0 Å². The van der Waals surface area contributed by atoms with E-state index in [-0.39, 0.29) is 5.82 Å². The highest BCUT2D eigenvalue weighted by Crippen LogP contribution is 2.24. The van der Waals surface area contributed by atoms with Crippen LogP contribution in [0.15, 0.2) is 60.2 Å². The summed E-state index contributed by atoms with van der Waals surface area (Å²) in [6, 6.07) is 11.8. The average molecular weight is 270 g/mol. The van der Waals surface area contributed by atoms with Crippen LogP contribution in [0.25, 0.3) is 5.00 Å². The molecule has 0 unspecified atom stereocenters. The number of nitrogens with one attached hydrogen (secondary N) is 1. The maximum atomic E-state index is 12.9. The van der Waals surface area contributed by atoms with Crippen molar-refractivity contribution in [3.63, 3.8) is 0 Å². The summed E-state index contributed by atoms with van der Waals surface area (Å²) < 4.78 is 14.9. The molecule has 0 bridgehead atoms. The molecule has 0 atom stereocenters. The molecule has 2 nitrogen and oxygen atoms in total. The van der Waals surface area contributed by atoms with Crippen LogP contribution in [0, 0.1) is 11.2 Å². The molecule has 0 saturated heterocycles. The Morgan fingerprint density at radius 1 is 1.05 bits per heavy atom. The van der Waals surface area contributed by atoms with Gasteiger partial charge < -0.3 is 4.57 Å². The second-order valence-corrected chi connectivity index (χ2v) is 5.01. The van der Waals surface area contributed by atoms with Crippen molar-refractivity contribution in [2.75, 3.05) is 0 Å². The molecule has 0 aliphatic heterocycles. The van der Waals surface area contributed by atoms with Crippen LogP contribution in [0.3, 0.4) is 0 Å². The first-order valence-electron chi connectivity index (χ1n) is 5.81. The molecule has 0 aliphatic rings. The van der Waals surface area contributed by atoms with Crippen molar-refractivity contribution in [2.24, 2.45) is 0 Å². The van der Waals surface area contributed by atoms with Crippen LogP contribution in [0.1, 0.15) is 11.1 Å². The summed E-state index contributed by atoms with van der Waals surface area (Å²) in [5.41, 5.74) is 1.98. The van der Waals surface area contributed by atoms with Gasteiger partial charge in [-0.1, -0.05) is 0 Å². The molecule has 0 radical (unpaired) electrons. The smallest absolute Gasteiger partial charge is 0.123 e. The van der Waals surface area contributed by atoms with Crippen LogP contribution in [-0.4, -0.2) is 10.3 Å². The summed E-state index contributed by atoms with van der Waals surface area (Å²) in [6.45, 7) is 0. The second-order valence-electron chi connectivity index (χ2n) is 4.11. The van der Waals surface area contributed by atoms with E-state index in [0.717, 1.165) is 10.6 Å². The minimum atomic E-state index is -0.285. The highest BCUT2D eigenvalue weighted by atomic mass is 32.1. The fraction of sp³-hybridized carbons (Fsp3) is 0. The summed E-state index contributed by atoms with van der Waals surface area (Å²) >= 11 is 1.58. The summed E-state index contributed by atoms with van der Waals surface area (Å²) in [7, 11) is 0. The Kier molecular flexibility index (Phi) is 3.01. The minimum Gasteiger partial charge on any atom is -0.315 e. The summed E-state index contributed by atoms with van der Waals surface area (Å²) in [6.07, 6.45) is 3.90. The van der Waals surface area contributed by atoms with Crippen LogP contribution >= 0.6 is 11.3 Å². The lowest BCUT2D eigenvalue weighted by molar-refractivity contribution is 0.628. The third-order valence-corrected chi connectivity index (χ3v) is 3.81. The quantitative estimate of drug-likeness (QED) is 0.694. The highest BCUT2D eigenvalue weighted by Gasteiger charge is 2.12. The molecular weight excluding hydrogens is 259 g/mol. The molecule has 4 heteroatoms. The maximum absolute atomic E-state index is 12.9. The zero-order valence-electron chi connectivity index (χ0n) is 10.0. The Bertz CT molecular complexity index is 696. The number of thiophene rings is 1. The standard InChI is InChI=1S/C15H11FN2S/c16-12-5-3-11(4-6-12)14(17)13-7-10-19-15(13)18-8-1-2-9-18/h1-10,17H. The van der Waals surface area contributed by atoms with Crippen molar-refractivity contribution in [2.45, 2.75) is 0 Å². The van der Waals surface area contributed by atoms with Gasteiger partial charge in [-0.3, -0.25) is 5.41 Å². The van der Waals surface area contributed by atoms with Crippen LogP contribution in [0.4, 0.5) is 4.39 Å². The van der Waals surface area contributed by atoms with Crippen LogP contribution < -0.4 is 0 Å². The average Bonchev–Trinajstić information content (AvgIpc) is 3.09. The third-order valence-electron chi connectivity index (χ3n) is 2.89. The molecule has 94 valence electrons. The zero-order valence-corrected chi connectivity index (χ0v) is 10.8. The molecule has 0 amide bonds. The molecule has 1 N–H and O–H groups in total. The van der Waals surface area contributed by atoms with E-state index >= 15 is 0 Å². The van der Waals surface area contributed by atoms with Crippen molar-refractivity contribution in [3.8, 4) is 5.00 Å². The van der Waals surface area contributed by atoms with Crippen molar-refractivity contribution in [1.82, 2.24) is 4.57 Å². The first-order valence-corrected chi connectivity index (χ1v) is 6.69. The van der Waals surface area contributed by atoms with Gasteiger partial charge in [0.1, 0.15) is 10.8 Å². The Morgan fingerprint density at radius 3 is 2.42 bits per heavy atom. The normalized spacial score (nSPS) is 10.6. The number of halogens is 1. The third kappa shape index (κ3) is 2.22.